The fourth-order valence-corrected chi connectivity index (χ4v) is 4.10. The molecule has 3 heteroatoms. The molecule has 1 aliphatic carbocycles. The Morgan fingerprint density at radius 1 is 1.11 bits per heavy atom. The maximum absolute atomic E-state index is 5.75. The molecule has 0 fully saturated rings. The van der Waals surface area contributed by atoms with E-state index in [-0.39, 0.29) is 0 Å². The highest BCUT2D eigenvalue weighted by atomic mass is 16.5. The number of hydrogen-bond donors (Lipinski definition) is 2. The number of fused-ring (bicyclic) bond motifs is 3. The van der Waals surface area contributed by atoms with Crippen molar-refractivity contribution in [3.8, 4) is 5.75 Å². The molecule has 0 amide bonds. The van der Waals surface area contributed by atoms with Crippen LogP contribution in [0.2, 0.25) is 0 Å². The van der Waals surface area contributed by atoms with E-state index in [1.807, 2.05) is 0 Å². The second-order valence-electron chi connectivity index (χ2n) is 7.56. The summed E-state index contributed by atoms with van der Waals surface area (Å²) in [7, 11) is 0. The Hall–Kier alpha value is -2.26. The van der Waals surface area contributed by atoms with E-state index < -0.39 is 0 Å². The van der Waals surface area contributed by atoms with Gasteiger partial charge in [0.1, 0.15) is 5.75 Å². The summed E-state index contributed by atoms with van der Waals surface area (Å²) < 4.78 is 5.75. The van der Waals surface area contributed by atoms with Crippen LogP contribution in [0.1, 0.15) is 55.5 Å². The van der Waals surface area contributed by atoms with E-state index in [4.69, 9.17) is 4.74 Å². The van der Waals surface area contributed by atoms with Gasteiger partial charge in [0.2, 0.25) is 0 Å². The maximum Gasteiger partial charge on any atom is 0.119 e. The first kappa shape index (κ1) is 18.1. The zero-order valence-electron chi connectivity index (χ0n) is 16.3. The van der Waals surface area contributed by atoms with Gasteiger partial charge in [0.25, 0.3) is 0 Å². The average molecular weight is 363 g/mol. The molecule has 0 saturated carbocycles. The number of aromatic amines is 1. The van der Waals surface area contributed by atoms with Crippen LogP contribution in [0.3, 0.4) is 0 Å². The first-order valence-corrected chi connectivity index (χ1v) is 10.4. The predicted molar refractivity (Wildman–Crippen MR) is 113 cm³/mol. The molecule has 0 saturated heterocycles. The largest absolute Gasteiger partial charge is 0.494 e. The minimum absolute atomic E-state index is 0.442. The lowest BCUT2D eigenvalue weighted by Gasteiger charge is -2.24. The van der Waals surface area contributed by atoms with Crippen LogP contribution in [0.4, 0.5) is 0 Å². The molecule has 0 spiro atoms. The zero-order valence-corrected chi connectivity index (χ0v) is 16.3. The van der Waals surface area contributed by atoms with E-state index >= 15 is 0 Å². The quantitative estimate of drug-likeness (QED) is 0.515. The fourth-order valence-electron chi connectivity index (χ4n) is 4.10. The van der Waals surface area contributed by atoms with Crippen LogP contribution in [0.25, 0.3) is 10.9 Å². The Balaban J connectivity index is 1.34. The third-order valence-electron chi connectivity index (χ3n) is 5.61. The molecule has 3 nitrogen and oxygen atoms in total. The van der Waals surface area contributed by atoms with Gasteiger partial charge in [0.15, 0.2) is 0 Å². The highest BCUT2D eigenvalue weighted by Gasteiger charge is 2.23. The number of benzene rings is 2. The third-order valence-corrected chi connectivity index (χ3v) is 5.61. The van der Waals surface area contributed by atoms with Gasteiger partial charge in [-0.3, -0.25) is 0 Å². The van der Waals surface area contributed by atoms with E-state index in [1.54, 1.807) is 0 Å². The van der Waals surface area contributed by atoms with Gasteiger partial charge in [-0.05, 0) is 68.0 Å². The summed E-state index contributed by atoms with van der Waals surface area (Å²) in [6, 6.07) is 17.7. The van der Waals surface area contributed by atoms with E-state index in [1.165, 1.54) is 53.4 Å². The lowest BCUT2D eigenvalue weighted by molar-refractivity contribution is 0.309. The zero-order chi connectivity index (χ0) is 18.5. The van der Waals surface area contributed by atoms with Crippen molar-refractivity contribution in [1.29, 1.82) is 0 Å². The van der Waals surface area contributed by atoms with Crippen LogP contribution in [0.5, 0.6) is 5.75 Å². The lowest BCUT2D eigenvalue weighted by Crippen LogP contribution is -2.27. The summed E-state index contributed by atoms with van der Waals surface area (Å²) in [5, 5.41) is 5.18. The van der Waals surface area contributed by atoms with Gasteiger partial charge in [0.05, 0.1) is 6.61 Å². The van der Waals surface area contributed by atoms with Crippen molar-refractivity contribution in [2.75, 3.05) is 13.2 Å². The van der Waals surface area contributed by atoms with E-state index in [0.717, 1.165) is 31.7 Å². The summed E-state index contributed by atoms with van der Waals surface area (Å²) in [6.07, 6.45) is 6.99. The third kappa shape index (κ3) is 4.19. The van der Waals surface area contributed by atoms with Crippen molar-refractivity contribution in [3.63, 3.8) is 0 Å². The van der Waals surface area contributed by atoms with Gasteiger partial charge in [-0.1, -0.05) is 43.7 Å². The smallest absolute Gasteiger partial charge is 0.119 e. The van der Waals surface area contributed by atoms with Crippen molar-refractivity contribution < 1.29 is 4.74 Å². The van der Waals surface area contributed by atoms with Crippen molar-refractivity contribution in [2.24, 2.45) is 0 Å². The summed E-state index contributed by atoms with van der Waals surface area (Å²) in [5.41, 5.74) is 5.55. The standard InChI is InChI=1S/C24H30N2O/c1-2-3-17-27-19-13-11-18(12-14-19)15-16-25-23-10-6-8-21-20-7-4-5-9-22(20)26-24(21)23/h4-5,7,9,11-14,23,25-26H,2-3,6,8,10,15-17H2,1H3. The Labute approximate surface area is 162 Å². The summed E-state index contributed by atoms with van der Waals surface area (Å²) in [4.78, 5) is 3.67. The van der Waals surface area contributed by atoms with Crippen molar-refractivity contribution in [3.05, 3.63) is 65.4 Å². The summed E-state index contributed by atoms with van der Waals surface area (Å²) in [5.74, 6) is 0.982. The minimum Gasteiger partial charge on any atom is -0.494 e. The van der Waals surface area contributed by atoms with Crippen LogP contribution in [-0.4, -0.2) is 18.1 Å². The molecule has 1 atom stereocenters. The lowest BCUT2D eigenvalue weighted by atomic mass is 9.91. The van der Waals surface area contributed by atoms with Crippen molar-refractivity contribution in [1.82, 2.24) is 10.3 Å². The van der Waals surface area contributed by atoms with Gasteiger partial charge < -0.3 is 15.0 Å². The molecule has 1 aliphatic rings. The Morgan fingerprint density at radius 3 is 2.81 bits per heavy atom. The second kappa shape index (κ2) is 8.62. The molecule has 2 aromatic carbocycles. The number of hydrogen-bond acceptors (Lipinski definition) is 2. The van der Waals surface area contributed by atoms with Gasteiger partial charge >= 0.3 is 0 Å². The molecule has 2 N–H and O–H groups in total. The molecule has 142 valence electrons. The van der Waals surface area contributed by atoms with E-state index in [2.05, 4.69) is 65.8 Å². The normalized spacial score (nSPS) is 16.4. The number of aryl methyl sites for hydroxylation is 1. The van der Waals surface area contributed by atoms with Gasteiger partial charge in [-0.25, -0.2) is 0 Å². The van der Waals surface area contributed by atoms with Gasteiger partial charge in [0, 0.05) is 22.6 Å². The highest BCUT2D eigenvalue weighted by Crippen LogP contribution is 2.34. The number of rotatable bonds is 8. The summed E-state index contributed by atoms with van der Waals surface area (Å²) >= 11 is 0. The number of nitrogens with one attached hydrogen (secondary N) is 2. The molecule has 27 heavy (non-hydrogen) atoms. The van der Waals surface area contributed by atoms with Gasteiger partial charge in [-0.15, -0.1) is 0 Å². The maximum atomic E-state index is 5.75. The number of para-hydroxylation sites is 1. The molecular formula is C24H30N2O. The van der Waals surface area contributed by atoms with Crippen LogP contribution in [0.15, 0.2) is 48.5 Å². The number of aromatic nitrogens is 1. The second-order valence-corrected chi connectivity index (χ2v) is 7.56. The van der Waals surface area contributed by atoms with Crippen molar-refractivity contribution in [2.45, 2.75) is 51.5 Å². The van der Waals surface area contributed by atoms with E-state index in [9.17, 15) is 0 Å². The SMILES string of the molecule is CCCCOc1ccc(CCNC2CCCc3c2[nH]c2ccccc32)cc1. The van der Waals surface area contributed by atoms with Crippen LogP contribution in [-0.2, 0) is 12.8 Å². The molecule has 4 rings (SSSR count). The number of unbranched alkanes of at least 4 members (excludes halogenated alkanes) is 1. The Morgan fingerprint density at radius 2 is 1.96 bits per heavy atom. The monoisotopic (exact) mass is 362 g/mol. The van der Waals surface area contributed by atoms with Gasteiger partial charge in [-0.2, -0.15) is 0 Å². The number of H-pyrrole nitrogens is 1. The molecular weight excluding hydrogens is 332 g/mol. The van der Waals surface area contributed by atoms with Crippen LogP contribution in [0, 0.1) is 0 Å². The Kier molecular flexibility index (Phi) is 5.78. The first-order chi connectivity index (χ1) is 13.3. The molecule has 0 bridgehead atoms. The molecule has 0 radical (unpaired) electrons. The minimum atomic E-state index is 0.442. The molecule has 1 aromatic heterocycles. The fraction of sp³-hybridized carbons (Fsp3) is 0.417. The molecule has 1 unspecified atom stereocenters. The van der Waals surface area contributed by atoms with E-state index in [0.29, 0.717) is 6.04 Å². The molecule has 3 aromatic rings. The number of ether oxygens (including phenoxy) is 1. The molecule has 1 heterocycles. The highest BCUT2D eigenvalue weighted by molar-refractivity contribution is 5.85. The topological polar surface area (TPSA) is 37.0 Å². The predicted octanol–water partition coefficient (Wildman–Crippen LogP) is 5.56. The summed E-state index contributed by atoms with van der Waals surface area (Å²) in [6.45, 7) is 3.99. The Bertz CT molecular complexity index is 866. The van der Waals surface area contributed by atoms with Crippen molar-refractivity contribution >= 4 is 10.9 Å². The van der Waals surface area contributed by atoms with Crippen LogP contribution >= 0.6 is 0 Å². The average Bonchev–Trinajstić information content (AvgIpc) is 3.09. The molecule has 0 aliphatic heterocycles. The first-order valence-electron chi connectivity index (χ1n) is 10.4. The van der Waals surface area contributed by atoms with Crippen LogP contribution < -0.4 is 10.1 Å².